The number of nitrogens with zero attached hydrogens (tertiary/aromatic N) is 1. The standard InChI is InChI=1S/C57H111ClN2O5/c1-8-12-15-28-38-51(37-14-10-3)48-64-56(62)43-33-23-19-17-21-30-40-54(59-45-35-46-60(6)7)41-31-22-18-20-24-34-44-57(63)65-49-52(39-29-16-13-9-2)47-53(11-4)50(5)36-27-25-26-32-42-55(58)61/h50-54,59H,8-49H2,1-7H3. The third-order valence-electron chi connectivity index (χ3n) is 14.2. The van der Waals surface area contributed by atoms with Crippen LogP contribution in [0.1, 0.15) is 279 Å². The molecule has 0 fully saturated rings. The van der Waals surface area contributed by atoms with E-state index in [2.05, 4.69) is 58.9 Å². The summed E-state index contributed by atoms with van der Waals surface area (Å²) in [6.45, 7) is 14.9. The maximum Gasteiger partial charge on any atom is 0.305 e. The van der Waals surface area contributed by atoms with Crippen LogP contribution in [0.3, 0.4) is 0 Å². The molecule has 0 amide bonds. The number of carbonyl (C=O) groups is 3. The van der Waals surface area contributed by atoms with Crippen molar-refractivity contribution in [2.24, 2.45) is 23.7 Å². The van der Waals surface area contributed by atoms with Gasteiger partial charge < -0.3 is 19.7 Å². The van der Waals surface area contributed by atoms with Gasteiger partial charge in [-0.3, -0.25) is 14.4 Å². The summed E-state index contributed by atoms with van der Waals surface area (Å²) in [5.74, 6) is 2.34. The van der Waals surface area contributed by atoms with Crippen LogP contribution in [0.4, 0.5) is 0 Å². The highest BCUT2D eigenvalue weighted by atomic mass is 35.5. The zero-order valence-electron chi connectivity index (χ0n) is 44.5. The van der Waals surface area contributed by atoms with Crippen molar-refractivity contribution in [1.82, 2.24) is 10.2 Å². The zero-order chi connectivity index (χ0) is 48.0. The van der Waals surface area contributed by atoms with E-state index >= 15 is 0 Å². The molecule has 0 spiro atoms. The molecule has 0 aliphatic rings. The first-order valence-electron chi connectivity index (χ1n) is 28.4. The molecule has 386 valence electrons. The van der Waals surface area contributed by atoms with E-state index in [0.717, 1.165) is 64.5 Å². The molecule has 7 nitrogen and oxygen atoms in total. The van der Waals surface area contributed by atoms with E-state index in [4.69, 9.17) is 21.1 Å². The van der Waals surface area contributed by atoms with Crippen LogP contribution in [-0.4, -0.2) is 68.5 Å². The molecule has 0 saturated carbocycles. The fourth-order valence-corrected chi connectivity index (χ4v) is 9.83. The van der Waals surface area contributed by atoms with Crippen molar-refractivity contribution in [2.45, 2.75) is 285 Å². The number of rotatable bonds is 51. The molecule has 8 heteroatoms. The molecule has 0 saturated heterocycles. The van der Waals surface area contributed by atoms with Crippen LogP contribution in [0.2, 0.25) is 0 Å². The molecule has 0 aromatic carbocycles. The number of ether oxygens (including phenoxy) is 2. The third kappa shape index (κ3) is 43.8. The highest BCUT2D eigenvalue weighted by Crippen LogP contribution is 2.31. The molecule has 0 bridgehead atoms. The first-order chi connectivity index (χ1) is 31.6. The number of hydrogen-bond donors (Lipinski definition) is 1. The van der Waals surface area contributed by atoms with Gasteiger partial charge in [0.15, 0.2) is 0 Å². The molecule has 65 heavy (non-hydrogen) atoms. The first kappa shape index (κ1) is 63.8. The summed E-state index contributed by atoms with van der Waals surface area (Å²) in [5.41, 5.74) is 0. The molecule has 0 aromatic rings. The average Bonchev–Trinajstić information content (AvgIpc) is 3.28. The predicted octanol–water partition coefficient (Wildman–Crippen LogP) is 16.7. The van der Waals surface area contributed by atoms with Gasteiger partial charge in [0, 0.05) is 25.3 Å². The Morgan fingerprint density at radius 3 is 1.40 bits per heavy atom. The van der Waals surface area contributed by atoms with E-state index in [-0.39, 0.29) is 17.2 Å². The third-order valence-corrected chi connectivity index (χ3v) is 14.4. The van der Waals surface area contributed by atoms with Crippen LogP contribution < -0.4 is 5.32 Å². The van der Waals surface area contributed by atoms with Crippen LogP contribution in [0.15, 0.2) is 0 Å². The van der Waals surface area contributed by atoms with Gasteiger partial charge >= 0.3 is 11.9 Å². The number of unbranched alkanes of at least 4 members (excludes halogenated alkanes) is 20. The van der Waals surface area contributed by atoms with Crippen molar-refractivity contribution < 1.29 is 23.9 Å². The molecule has 0 aromatic heterocycles. The molecule has 0 aliphatic carbocycles. The lowest BCUT2D eigenvalue weighted by atomic mass is 9.80. The summed E-state index contributed by atoms with van der Waals surface area (Å²) in [6.07, 6.45) is 43.6. The molecule has 5 atom stereocenters. The fraction of sp³-hybridized carbons (Fsp3) is 0.947. The van der Waals surface area contributed by atoms with Crippen molar-refractivity contribution >= 4 is 28.8 Å². The smallest absolute Gasteiger partial charge is 0.305 e. The Kier molecular flexibility index (Phi) is 47.0. The number of carbonyl (C=O) groups excluding carboxylic acids is 3. The summed E-state index contributed by atoms with van der Waals surface area (Å²) in [5, 5.41) is 3.69. The van der Waals surface area contributed by atoms with Gasteiger partial charge in [0.2, 0.25) is 5.24 Å². The van der Waals surface area contributed by atoms with Crippen molar-refractivity contribution in [3.05, 3.63) is 0 Å². The maximum atomic E-state index is 12.9. The van der Waals surface area contributed by atoms with Gasteiger partial charge in [-0.2, -0.15) is 0 Å². The maximum absolute atomic E-state index is 12.9. The molecule has 0 rings (SSSR count). The van der Waals surface area contributed by atoms with E-state index in [1.165, 1.54) is 173 Å². The SMILES string of the molecule is CCCCCCC(CCCC)COC(=O)CCCCCCCCC(CCCCCCCCC(=O)OCC(CCCCCC)CC(CC)C(C)CCCCCCC(=O)Cl)NCCCN(C)C. The van der Waals surface area contributed by atoms with Gasteiger partial charge in [-0.15, -0.1) is 0 Å². The number of esters is 2. The molecule has 1 N–H and O–H groups in total. The first-order valence-corrected chi connectivity index (χ1v) is 28.8. The van der Waals surface area contributed by atoms with Gasteiger partial charge in [0.05, 0.1) is 13.2 Å². The van der Waals surface area contributed by atoms with Gasteiger partial charge in [-0.1, -0.05) is 195 Å². The lowest BCUT2D eigenvalue weighted by Gasteiger charge is -2.27. The summed E-state index contributed by atoms with van der Waals surface area (Å²) in [4.78, 5) is 38.6. The van der Waals surface area contributed by atoms with Crippen LogP contribution in [0.25, 0.3) is 0 Å². The molecule has 0 heterocycles. The van der Waals surface area contributed by atoms with Gasteiger partial charge in [-0.25, -0.2) is 0 Å². The van der Waals surface area contributed by atoms with E-state index in [1.54, 1.807) is 0 Å². The number of nitrogens with one attached hydrogen (secondary N) is 1. The summed E-state index contributed by atoms with van der Waals surface area (Å²) < 4.78 is 11.7. The highest BCUT2D eigenvalue weighted by Gasteiger charge is 2.22. The quantitative estimate of drug-likeness (QED) is 0.0369. The molecular formula is C57H111ClN2O5. The number of hydrogen-bond acceptors (Lipinski definition) is 7. The summed E-state index contributed by atoms with van der Waals surface area (Å²) >= 11 is 5.50. The van der Waals surface area contributed by atoms with Crippen molar-refractivity contribution in [3.8, 4) is 0 Å². The molecular weight excluding hydrogens is 828 g/mol. The molecule has 0 radical (unpaired) electrons. The van der Waals surface area contributed by atoms with Crippen molar-refractivity contribution in [1.29, 1.82) is 0 Å². The Bertz CT molecular complexity index is 1060. The lowest BCUT2D eigenvalue weighted by molar-refractivity contribution is -0.146. The van der Waals surface area contributed by atoms with E-state index in [0.29, 0.717) is 62.2 Å². The Morgan fingerprint density at radius 2 is 0.908 bits per heavy atom. The fourth-order valence-electron chi connectivity index (χ4n) is 9.69. The monoisotopic (exact) mass is 939 g/mol. The average molecular weight is 940 g/mol. The second-order valence-corrected chi connectivity index (χ2v) is 21.2. The summed E-state index contributed by atoms with van der Waals surface area (Å²) in [7, 11) is 4.31. The second kappa shape index (κ2) is 47.9. The van der Waals surface area contributed by atoms with Crippen LogP contribution in [0.5, 0.6) is 0 Å². The summed E-state index contributed by atoms with van der Waals surface area (Å²) in [6, 6.07) is 0.603. The van der Waals surface area contributed by atoms with E-state index < -0.39 is 0 Å². The largest absolute Gasteiger partial charge is 0.465 e. The minimum atomic E-state index is -0.215. The second-order valence-electron chi connectivity index (χ2n) is 20.8. The topological polar surface area (TPSA) is 84.9 Å². The Morgan fingerprint density at radius 1 is 0.492 bits per heavy atom. The minimum Gasteiger partial charge on any atom is -0.465 e. The Hall–Kier alpha value is -1.18. The highest BCUT2D eigenvalue weighted by molar-refractivity contribution is 6.63. The van der Waals surface area contributed by atoms with Gasteiger partial charge in [-0.05, 0) is 127 Å². The normalized spacial score (nSPS) is 14.0. The van der Waals surface area contributed by atoms with Crippen LogP contribution in [0, 0.1) is 23.7 Å². The molecule has 5 unspecified atom stereocenters. The van der Waals surface area contributed by atoms with E-state index in [9.17, 15) is 14.4 Å². The number of halogens is 1. The van der Waals surface area contributed by atoms with Crippen LogP contribution in [-0.2, 0) is 23.9 Å². The van der Waals surface area contributed by atoms with Gasteiger partial charge in [0.1, 0.15) is 0 Å². The lowest BCUT2D eigenvalue weighted by Crippen LogP contribution is -2.31. The molecule has 0 aliphatic heterocycles. The Labute approximate surface area is 410 Å². The Balaban J connectivity index is 4.44. The van der Waals surface area contributed by atoms with Crippen molar-refractivity contribution in [2.75, 3.05) is 40.4 Å². The predicted molar refractivity (Wildman–Crippen MR) is 281 cm³/mol. The minimum absolute atomic E-state index is 0.00201. The van der Waals surface area contributed by atoms with E-state index in [1.807, 2.05) is 0 Å². The van der Waals surface area contributed by atoms with Gasteiger partial charge in [0.25, 0.3) is 0 Å². The zero-order valence-corrected chi connectivity index (χ0v) is 45.2. The van der Waals surface area contributed by atoms with Crippen molar-refractivity contribution in [3.63, 3.8) is 0 Å². The van der Waals surface area contributed by atoms with Crippen LogP contribution >= 0.6 is 11.6 Å².